The lowest BCUT2D eigenvalue weighted by Crippen LogP contribution is -2.07. The molecule has 0 aliphatic heterocycles. The second-order valence-electron chi connectivity index (χ2n) is 3.42. The van der Waals surface area contributed by atoms with Crippen molar-refractivity contribution in [3.05, 3.63) is 35.0 Å². The molecule has 74 valence electrons. The fourth-order valence-corrected chi connectivity index (χ4v) is 1.96. The zero-order valence-electron chi connectivity index (χ0n) is 8.05. The van der Waals surface area contributed by atoms with Crippen LogP contribution in [0.1, 0.15) is 24.9 Å². The topological polar surface area (TPSA) is 41.8 Å². The molecule has 2 aromatic rings. The van der Waals surface area contributed by atoms with Crippen molar-refractivity contribution in [2.45, 2.75) is 19.4 Å². The van der Waals surface area contributed by atoms with E-state index < -0.39 is 0 Å². The minimum absolute atomic E-state index is 0.0589. The Morgan fingerprint density at radius 1 is 1.50 bits per heavy atom. The first-order chi connectivity index (χ1) is 6.74. The van der Waals surface area contributed by atoms with E-state index in [4.69, 9.17) is 17.3 Å². The highest BCUT2D eigenvalue weighted by Gasteiger charge is 2.11. The SMILES string of the molecule is CC[C@H](N)c1c[nH]c2cccc(Cl)c12. The lowest BCUT2D eigenvalue weighted by molar-refractivity contribution is 0.704. The molecule has 1 atom stereocenters. The molecule has 0 unspecified atom stereocenters. The summed E-state index contributed by atoms with van der Waals surface area (Å²) < 4.78 is 0. The Bertz CT molecular complexity index is 447. The predicted octanol–water partition coefficient (Wildman–Crippen LogP) is 3.23. The van der Waals surface area contributed by atoms with E-state index in [0.717, 1.165) is 27.9 Å². The van der Waals surface area contributed by atoms with E-state index in [1.807, 2.05) is 24.4 Å². The van der Waals surface area contributed by atoms with Gasteiger partial charge < -0.3 is 10.7 Å². The van der Waals surface area contributed by atoms with Crippen molar-refractivity contribution in [2.24, 2.45) is 5.73 Å². The highest BCUT2D eigenvalue weighted by atomic mass is 35.5. The van der Waals surface area contributed by atoms with Crippen LogP contribution in [0.15, 0.2) is 24.4 Å². The summed E-state index contributed by atoms with van der Waals surface area (Å²) in [6.07, 6.45) is 2.86. The van der Waals surface area contributed by atoms with Gasteiger partial charge >= 0.3 is 0 Å². The van der Waals surface area contributed by atoms with Gasteiger partial charge in [-0.25, -0.2) is 0 Å². The lowest BCUT2D eigenvalue weighted by Gasteiger charge is -2.07. The maximum Gasteiger partial charge on any atom is 0.0503 e. The third-order valence-corrected chi connectivity index (χ3v) is 2.84. The second kappa shape index (κ2) is 3.64. The van der Waals surface area contributed by atoms with Gasteiger partial charge in [0.25, 0.3) is 0 Å². The van der Waals surface area contributed by atoms with Crippen molar-refractivity contribution in [1.82, 2.24) is 4.98 Å². The number of hydrogen-bond donors (Lipinski definition) is 2. The van der Waals surface area contributed by atoms with Crippen LogP contribution in [0.3, 0.4) is 0 Å². The van der Waals surface area contributed by atoms with Gasteiger partial charge in [-0.1, -0.05) is 24.6 Å². The summed E-state index contributed by atoms with van der Waals surface area (Å²) in [6.45, 7) is 2.07. The molecule has 3 heteroatoms. The highest BCUT2D eigenvalue weighted by Crippen LogP contribution is 2.30. The minimum atomic E-state index is 0.0589. The third kappa shape index (κ3) is 1.41. The number of aromatic nitrogens is 1. The molecule has 0 aliphatic rings. The van der Waals surface area contributed by atoms with Gasteiger partial charge in [0.05, 0.1) is 5.02 Å². The summed E-state index contributed by atoms with van der Waals surface area (Å²) >= 11 is 6.13. The molecule has 3 N–H and O–H groups in total. The number of hydrogen-bond acceptors (Lipinski definition) is 1. The fraction of sp³-hybridized carbons (Fsp3) is 0.273. The summed E-state index contributed by atoms with van der Waals surface area (Å²) in [7, 11) is 0. The number of rotatable bonds is 2. The van der Waals surface area contributed by atoms with Crippen LogP contribution < -0.4 is 5.73 Å². The zero-order valence-corrected chi connectivity index (χ0v) is 8.81. The van der Waals surface area contributed by atoms with Crippen LogP contribution in [0.5, 0.6) is 0 Å². The van der Waals surface area contributed by atoms with Crippen LogP contribution in [0, 0.1) is 0 Å². The van der Waals surface area contributed by atoms with Crippen molar-refractivity contribution < 1.29 is 0 Å². The van der Waals surface area contributed by atoms with Gasteiger partial charge in [-0.15, -0.1) is 0 Å². The van der Waals surface area contributed by atoms with Crippen LogP contribution in [-0.2, 0) is 0 Å². The Balaban J connectivity index is 2.67. The molecule has 0 spiro atoms. The number of nitrogens with one attached hydrogen (secondary N) is 1. The van der Waals surface area contributed by atoms with Gasteiger partial charge in [-0.05, 0) is 24.1 Å². The number of nitrogens with two attached hydrogens (primary N) is 1. The van der Waals surface area contributed by atoms with Crippen molar-refractivity contribution in [3.8, 4) is 0 Å². The maximum absolute atomic E-state index is 6.13. The number of halogens is 1. The Hall–Kier alpha value is -0.990. The van der Waals surface area contributed by atoms with E-state index in [9.17, 15) is 0 Å². The van der Waals surface area contributed by atoms with Crippen LogP contribution in [0.4, 0.5) is 0 Å². The van der Waals surface area contributed by atoms with Gasteiger partial charge in [0, 0.05) is 23.1 Å². The molecule has 2 rings (SSSR count). The highest BCUT2D eigenvalue weighted by molar-refractivity contribution is 6.35. The molecule has 0 aliphatic carbocycles. The average Bonchev–Trinajstić information content (AvgIpc) is 2.62. The first kappa shape index (κ1) is 9.56. The number of fused-ring (bicyclic) bond motifs is 1. The van der Waals surface area contributed by atoms with Gasteiger partial charge in [0.15, 0.2) is 0 Å². The van der Waals surface area contributed by atoms with Crippen molar-refractivity contribution in [1.29, 1.82) is 0 Å². The van der Waals surface area contributed by atoms with Crippen LogP contribution >= 0.6 is 11.6 Å². The van der Waals surface area contributed by atoms with Crippen LogP contribution in [0.2, 0.25) is 5.02 Å². The van der Waals surface area contributed by atoms with Crippen LogP contribution in [0.25, 0.3) is 10.9 Å². The van der Waals surface area contributed by atoms with Gasteiger partial charge in [-0.3, -0.25) is 0 Å². The molecule has 2 nitrogen and oxygen atoms in total. The van der Waals surface area contributed by atoms with E-state index in [1.165, 1.54) is 0 Å². The molecule has 0 saturated heterocycles. The Morgan fingerprint density at radius 2 is 2.29 bits per heavy atom. The Morgan fingerprint density at radius 3 is 3.00 bits per heavy atom. The van der Waals surface area contributed by atoms with Gasteiger partial charge in [-0.2, -0.15) is 0 Å². The molecule has 1 aromatic carbocycles. The van der Waals surface area contributed by atoms with Crippen molar-refractivity contribution in [3.63, 3.8) is 0 Å². The first-order valence-corrected chi connectivity index (χ1v) is 5.13. The quantitative estimate of drug-likeness (QED) is 0.782. The van der Waals surface area contributed by atoms with Gasteiger partial charge in [0.1, 0.15) is 0 Å². The average molecular weight is 209 g/mol. The number of H-pyrrole nitrogens is 1. The molecule has 1 aromatic heterocycles. The minimum Gasteiger partial charge on any atom is -0.361 e. The fourth-order valence-electron chi connectivity index (χ4n) is 1.68. The molecular formula is C11H13ClN2. The molecule has 0 fully saturated rings. The summed E-state index contributed by atoms with van der Waals surface area (Å²) in [5, 5.41) is 1.83. The van der Waals surface area contributed by atoms with E-state index in [2.05, 4.69) is 11.9 Å². The van der Waals surface area contributed by atoms with E-state index in [-0.39, 0.29) is 6.04 Å². The molecule has 0 amide bonds. The molecule has 0 radical (unpaired) electrons. The largest absolute Gasteiger partial charge is 0.361 e. The monoisotopic (exact) mass is 208 g/mol. The number of aromatic amines is 1. The third-order valence-electron chi connectivity index (χ3n) is 2.52. The summed E-state index contributed by atoms with van der Waals surface area (Å²) in [4.78, 5) is 3.18. The Kier molecular flexibility index (Phi) is 2.48. The number of benzene rings is 1. The lowest BCUT2D eigenvalue weighted by atomic mass is 10.0. The van der Waals surface area contributed by atoms with Crippen molar-refractivity contribution in [2.75, 3.05) is 0 Å². The predicted molar refractivity (Wildman–Crippen MR) is 60.5 cm³/mol. The summed E-state index contributed by atoms with van der Waals surface area (Å²) in [5.74, 6) is 0. The molecular weight excluding hydrogens is 196 g/mol. The summed E-state index contributed by atoms with van der Waals surface area (Å²) in [6, 6.07) is 5.89. The maximum atomic E-state index is 6.13. The molecule has 14 heavy (non-hydrogen) atoms. The van der Waals surface area contributed by atoms with Crippen LogP contribution in [-0.4, -0.2) is 4.98 Å². The second-order valence-corrected chi connectivity index (χ2v) is 3.83. The zero-order chi connectivity index (χ0) is 10.1. The standard InChI is InChI=1S/C11H13ClN2/c1-2-9(13)7-6-14-10-5-3-4-8(12)11(7)10/h3-6,9,14H,2,13H2,1H3/t9-/m0/s1. The van der Waals surface area contributed by atoms with E-state index in [0.29, 0.717) is 0 Å². The van der Waals surface area contributed by atoms with E-state index >= 15 is 0 Å². The van der Waals surface area contributed by atoms with Crippen molar-refractivity contribution >= 4 is 22.5 Å². The normalized spacial score (nSPS) is 13.4. The summed E-state index contributed by atoms with van der Waals surface area (Å²) in [5.41, 5.74) is 8.15. The van der Waals surface area contributed by atoms with E-state index in [1.54, 1.807) is 0 Å². The molecule has 0 bridgehead atoms. The van der Waals surface area contributed by atoms with Gasteiger partial charge in [0.2, 0.25) is 0 Å². The smallest absolute Gasteiger partial charge is 0.0503 e. The molecule has 0 saturated carbocycles. The molecule has 1 heterocycles. The first-order valence-electron chi connectivity index (χ1n) is 4.75. The Labute approximate surface area is 88.1 Å².